The Bertz CT molecular complexity index is 198. The third-order valence-corrected chi connectivity index (χ3v) is 2.13. The van der Waals surface area contributed by atoms with Crippen LogP contribution in [-0.2, 0) is 0 Å². The Balaban J connectivity index is 0.00000121. The summed E-state index contributed by atoms with van der Waals surface area (Å²) in [6.45, 7) is 4.26. The fraction of sp³-hybridized carbons (Fsp3) is 0.556. The Morgan fingerprint density at radius 1 is 1.58 bits per heavy atom. The zero-order chi connectivity index (χ0) is 8.27. The fourth-order valence-electron chi connectivity index (χ4n) is 1.02. The van der Waals surface area contributed by atoms with Crippen LogP contribution in [0.15, 0.2) is 22.8 Å². The van der Waals surface area contributed by atoms with Gasteiger partial charge in [-0.05, 0) is 18.1 Å². The van der Waals surface area contributed by atoms with E-state index in [1.165, 1.54) is 0 Å². The molecule has 0 amide bonds. The summed E-state index contributed by atoms with van der Waals surface area (Å²) in [5.74, 6) is 1.38. The topological polar surface area (TPSA) is 39.2 Å². The first-order valence-corrected chi connectivity index (χ1v) is 4.04. The Labute approximate surface area is 79.5 Å². The molecule has 0 aliphatic heterocycles. The highest BCUT2D eigenvalue weighted by Crippen LogP contribution is 2.21. The van der Waals surface area contributed by atoms with Crippen molar-refractivity contribution in [3.05, 3.63) is 24.2 Å². The summed E-state index contributed by atoms with van der Waals surface area (Å²) < 4.78 is 5.19. The summed E-state index contributed by atoms with van der Waals surface area (Å²) in [6.07, 6.45) is 2.75. The predicted molar refractivity (Wildman–Crippen MR) is 52.3 cm³/mol. The molecule has 0 saturated carbocycles. The molecule has 0 radical (unpaired) electrons. The molecule has 12 heavy (non-hydrogen) atoms. The smallest absolute Gasteiger partial charge is 0.120 e. The summed E-state index contributed by atoms with van der Waals surface area (Å²) in [4.78, 5) is 0. The van der Waals surface area contributed by atoms with Crippen LogP contribution in [-0.4, -0.2) is 0 Å². The second kappa shape index (κ2) is 5.22. The molecule has 0 bridgehead atoms. The van der Waals surface area contributed by atoms with Gasteiger partial charge in [0.25, 0.3) is 0 Å². The molecule has 1 rings (SSSR count). The second-order valence-electron chi connectivity index (χ2n) is 2.93. The Morgan fingerprint density at radius 2 is 2.25 bits per heavy atom. The van der Waals surface area contributed by atoms with E-state index in [-0.39, 0.29) is 18.4 Å². The number of nitrogens with two attached hydrogens (primary N) is 1. The lowest BCUT2D eigenvalue weighted by Gasteiger charge is -2.14. The van der Waals surface area contributed by atoms with E-state index in [1.807, 2.05) is 12.1 Å². The molecular weight excluding hydrogens is 174 g/mol. The zero-order valence-corrected chi connectivity index (χ0v) is 8.30. The number of rotatable bonds is 3. The molecule has 0 aromatic carbocycles. The average Bonchev–Trinajstić information content (AvgIpc) is 2.53. The first-order valence-electron chi connectivity index (χ1n) is 4.04. The van der Waals surface area contributed by atoms with Crippen LogP contribution in [0, 0.1) is 5.92 Å². The summed E-state index contributed by atoms with van der Waals surface area (Å²) >= 11 is 0. The van der Waals surface area contributed by atoms with E-state index in [1.54, 1.807) is 6.26 Å². The summed E-state index contributed by atoms with van der Waals surface area (Å²) in [6, 6.07) is 3.85. The van der Waals surface area contributed by atoms with Crippen molar-refractivity contribution < 1.29 is 4.42 Å². The number of hydrogen-bond acceptors (Lipinski definition) is 2. The van der Waals surface area contributed by atoms with Crippen molar-refractivity contribution in [3.8, 4) is 0 Å². The Hall–Kier alpha value is -0.470. The maximum Gasteiger partial charge on any atom is 0.120 e. The molecule has 70 valence electrons. The highest BCUT2D eigenvalue weighted by molar-refractivity contribution is 5.85. The molecule has 1 aromatic heterocycles. The van der Waals surface area contributed by atoms with Crippen molar-refractivity contribution in [3.63, 3.8) is 0 Å². The van der Waals surface area contributed by atoms with Crippen LogP contribution >= 0.6 is 12.4 Å². The molecule has 2 nitrogen and oxygen atoms in total. The zero-order valence-electron chi connectivity index (χ0n) is 7.49. The third-order valence-electron chi connectivity index (χ3n) is 2.13. The SMILES string of the molecule is CCC(C)[C@H](N)c1ccco1.Cl. The van der Waals surface area contributed by atoms with Crippen LogP contribution in [0.2, 0.25) is 0 Å². The fourth-order valence-corrected chi connectivity index (χ4v) is 1.02. The van der Waals surface area contributed by atoms with Crippen LogP contribution in [0.5, 0.6) is 0 Å². The first-order chi connectivity index (χ1) is 5.25. The van der Waals surface area contributed by atoms with Crippen molar-refractivity contribution in [1.29, 1.82) is 0 Å². The van der Waals surface area contributed by atoms with Gasteiger partial charge in [-0.15, -0.1) is 12.4 Å². The van der Waals surface area contributed by atoms with Gasteiger partial charge in [0.05, 0.1) is 12.3 Å². The van der Waals surface area contributed by atoms with E-state index < -0.39 is 0 Å². The molecule has 0 spiro atoms. The lowest BCUT2D eigenvalue weighted by Crippen LogP contribution is -2.17. The molecular formula is C9H16ClNO. The van der Waals surface area contributed by atoms with Crippen molar-refractivity contribution in [2.75, 3.05) is 0 Å². The molecule has 1 unspecified atom stereocenters. The van der Waals surface area contributed by atoms with E-state index in [4.69, 9.17) is 10.2 Å². The average molecular weight is 190 g/mol. The molecule has 1 aromatic rings. The maximum absolute atomic E-state index is 5.90. The first kappa shape index (κ1) is 11.5. The van der Waals surface area contributed by atoms with Crippen LogP contribution in [0.25, 0.3) is 0 Å². The van der Waals surface area contributed by atoms with E-state index in [0.29, 0.717) is 5.92 Å². The van der Waals surface area contributed by atoms with Crippen LogP contribution in [0.3, 0.4) is 0 Å². The minimum absolute atomic E-state index is 0. The molecule has 0 aliphatic rings. The molecule has 1 heterocycles. The lowest BCUT2D eigenvalue weighted by molar-refractivity contribution is 0.376. The molecule has 2 N–H and O–H groups in total. The number of hydrogen-bond donors (Lipinski definition) is 1. The van der Waals surface area contributed by atoms with E-state index in [9.17, 15) is 0 Å². The summed E-state index contributed by atoms with van der Waals surface area (Å²) in [5.41, 5.74) is 5.90. The van der Waals surface area contributed by atoms with Crippen LogP contribution < -0.4 is 5.73 Å². The van der Waals surface area contributed by atoms with Gasteiger partial charge < -0.3 is 10.2 Å². The van der Waals surface area contributed by atoms with E-state index in [0.717, 1.165) is 12.2 Å². The van der Waals surface area contributed by atoms with Gasteiger partial charge >= 0.3 is 0 Å². The highest BCUT2D eigenvalue weighted by atomic mass is 35.5. The van der Waals surface area contributed by atoms with Crippen molar-refractivity contribution >= 4 is 12.4 Å². The third kappa shape index (κ3) is 2.54. The molecule has 2 atom stereocenters. The van der Waals surface area contributed by atoms with Gasteiger partial charge in [0.15, 0.2) is 0 Å². The Kier molecular flexibility index (Phi) is 5.02. The largest absolute Gasteiger partial charge is 0.468 e. The number of halogens is 1. The van der Waals surface area contributed by atoms with Crippen LogP contribution in [0.4, 0.5) is 0 Å². The van der Waals surface area contributed by atoms with Gasteiger partial charge in [-0.25, -0.2) is 0 Å². The normalized spacial score (nSPS) is 14.9. The van der Waals surface area contributed by atoms with Gasteiger partial charge in [-0.3, -0.25) is 0 Å². The van der Waals surface area contributed by atoms with Gasteiger partial charge in [0, 0.05) is 0 Å². The van der Waals surface area contributed by atoms with Crippen molar-refractivity contribution in [2.45, 2.75) is 26.3 Å². The monoisotopic (exact) mass is 189 g/mol. The van der Waals surface area contributed by atoms with Gasteiger partial charge in [0.2, 0.25) is 0 Å². The number of furan rings is 1. The van der Waals surface area contributed by atoms with Gasteiger partial charge in [-0.1, -0.05) is 20.3 Å². The van der Waals surface area contributed by atoms with E-state index in [2.05, 4.69) is 13.8 Å². The van der Waals surface area contributed by atoms with Crippen molar-refractivity contribution in [2.24, 2.45) is 11.7 Å². The van der Waals surface area contributed by atoms with Crippen molar-refractivity contribution in [1.82, 2.24) is 0 Å². The second-order valence-corrected chi connectivity index (χ2v) is 2.93. The summed E-state index contributed by atoms with van der Waals surface area (Å²) in [7, 11) is 0. The van der Waals surface area contributed by atoms with Gasteiger partial charge in [-0.2, -0.15) is 0 Å². The highest BCUT2D eigenvalue weighted by Gasteiger charge is 2.14. The lowest BCUT2D eigenvalue weighted by atomic mass is 9.98. The Morgan fingerprint density at radius 3 is 2.67 bits per heavy atom. The molecule has 3 heteroatoms. The van der Waals surface area contributed by atoms with Crippen LogP contribution in [0.1, 0.15) is 32.1 Å². The quantitative estimate of drug-likeness (QED) is 0.794. The summed E-state index contributed by atoms with van der Waals surface area (Å²) in [5, 5.41) is 0. The minimum atomic E-state index is 0. The standard InChI is InChI=1S/C9H15NO.ClH/c1-3-7(2)9(10)8-5-4-6-11-8;/h4-7,9H,3,10H2,1-2H3;1H/t7?,9-;/m0./s1. The maximum atomic E-state index is 5.90. The predicted octanol–water partition coefficient (Wildman–Crippen LogP) is 2.75. The van der Waals surface area contributed by atoms with Gasteiger partial charge in [0.1, 0.15) is 5.76 Å². The molecule has 0 fully saturated rings. The van der Waals surface area contributed by atoms with E-state index >= 15 is 0 Å². The molecule has 0 aliphatic carbocycles. The molecule has 0 saturated heterocycles. The minimum Gasteiger partial charge on any atom is -0.468 e.